The molecule has 1 atom stereocenters. The van der Waals surface area contributed by atoms with E-state index in [1.807, 2.05) is 7.11 Å². The van der Waals surface area contributed by atoms with Crippen molar-refractivity contribution in [2.45, 2.75) is 76.5 Å². The third kappa shape index (κ3) is 2.98. The van der Waals surface area contributed by atoms with Crippen molar-refractivity contribution in [3.63, 3.8) is 0 Å². The van der Waals surface area contributed by atoms with Gasteiger partial charge in [0.05, 0.1) is 6.10 Å². The first-order chi connectivity index (χ1) is 7.83. The van der Waals surface area contributed by atoms with Gasteiger partial charge in [0.15, 0.2) is 0 Å². The lowest BCUT2D eigenvalue weighted by atomic mass is 9.81. The minimum Gasteiger partial charge on any atom is -0.381 e. The van der Waals surface area contributed by atoms with E-state index < -0.39 is 0 Å². The molecule has 2 aliphatic carbocycles. The van der Waals surface area contributed by atoms with Gasteiger partial charge in [0.1, 0.15) is 0 Å². The van der Waals surface area contributed by atoms with Crippen LogP contribution in [0.1, 0.15) is 58.3 Å². The lowest BCUT2D eigenvalue weighted by Crippen LogP contribution is -2.51. The molecule has 1 unspecified atom stereocenters. The Hall–Kier alpha value is -0.0800. The minimum atomic E-state index is 0.529. The number of rotatable bonds is 5. The van der Waals surface area contributed by atoms with Crippen LogP contribution in [0.3, 0.4) is 0 Å². The Morgan fingerprint density at radius 1 is 1.19 bits per heavy atom. The Bertz CT molecular complexity index is 195. The van der Waals surface area contributed by atoms with E-state index in [4.69, 9.17) is 4.74 Å². The highest BCUT2D eigenvalue weighted by Crippen LogP contribution is 2.30. The predicted octanol–water partition coefficient (Wildman–Crippen LogP) is 3.11. The molecule has 2 saturated carbocycles. The highest BCUT2D eigenvalue weighted by atomic mass is 16.5. The molecule has 0 aromatic carbocycles. The van der Waals surface area contributed by atoms with Gasteiger partial charge in [-0.1, -0.05) is 26.2 Å². The van der Waals surface area contributed by atoms with Gasteiger partial charge in [0.25, 0.3) is 0 Å². The molecule has 0 aliphatic heterocycles. The molecule has 2 aliphatic rings. The smallest absolute Gasteiger partial charge is 0.0601 e. The molecule has 0 aromatic heterocycles. The summed E-state index contributed by atoms with van der Waals surface area (Å²) in [6, 6.07) is 1.50. The molecule has 94 valence electrons. The van der Waals surface area contributed by atoms with Gasteiger partial charge in [-0.05, 0) is 38.0 Å². The Kier molecular flexibility index (Phi) is 4.66. The van der Waals surface area contributed by atoms with Crippen LogP contribution in [0, 0.1) is 5.92 Å². The fraction of sp³-hybridized carbons (Fsp3) is 1.00. The Labute approximate surface area is 100 Å². The predicted molar refractivity (Wildman–Crippen MR) is 67.6 cm³/mol. The highest BCUT2D eigenvalue weighted by molar-refractivity contribution is 4.90. The van der Waals surface area contributed by atoms with E-state index >= 15 is 0 Å². The molecule has 2 fully saturated rings. The molecule has 0 bridgehead atoms. The maximum Gasteiger partial charge on any atom is 0.0601 e. The number of hydrogen-bond donors (Lipinski definition) is 1. The zero-order chi connectivity index (χ0) is 11.4. The monoisotopic (exact) mass is 225 g/mol. The van der Waals surface area contributed by atoms with E-state index in [0.29, 0.717) is 6.10 Å². The van der Waals surface area contributed by atoms with E-state index in [-0.39, 0.29) is 0 Å². The topological polar surface area (TPSA) is 21.3 Å². The van der Waals surface area contributed by atoms with Crippen molar-refractivity contribution in [3.8, 4) is 0 Å². The van der Waals surface area contributed by atoms with Gasteiger partial charge in [0, 0.05) is 19.2 Å². The lowest BCUT2D eigenvalue weighted by Gasteiger charge is -2.40. The maximum absolute atomic E-state index is 5.34. The van der Waals surface area contributed by atoms with Crippen LogP contribution >= 0.6 is 0 Å². The van der Waals surface area contributed by atoms with Gasteiger partial charge in [-0.3, -0.25) is 0 Å². The fourth-order valence-corrected chi connectivity index (χ4v) is 3.32. The lowest BCUT2D eigenvalue weighted by molar-refractivity contribution is 0.0106. The molecule has 16 heavy (non-hydrogen) atoms. The first-order valence-corrected chi connectivity index (χ1v) is 7.12. The summed E-state index contributed by atoms with van der Waals surface area (Å²) in [5.74, 6) is 0.945. The molecule has 1 N–H and O–H groups in total. The second-order valence-corrected chi connectivity index (χ2v) is 5.61. The van der Waals surface area contributed by atoms with Gasteiger partial charge < -0.3 is 10.1 Å². The summed E-state index contributed by atoms with van der Waals surface area (Å²) in [6.45, 7) is 2.33. The van der Waals surface area contributed by atoms with Crippen molar-refractivity contribution in [3.05, 3.63) is 0 Å². The summed E-state index contributed by atoms with van der Waals surface area (Å²) in [7, 11) is 1.83. The molecule has 0 saturated heterocycles. The van der Waals surface area contributed by atoms with Crippen LogP contribution in [0.25, 0.3) is 0 Å². The molecule has 0 amide bonds. The second-order valence-electron chi connectivity index (χ2n) is 5.61. The summed E-state index contributed by atoms with van der Waals surface area (Å²) in [6.07, 6.45) is 11.5. The quantitative estimate of drug-likeness (QED) is 0.776. The second kappa shape index (κ2) is 6.02. The summed E-state index contributed by atoms with van der Waals surface area (Å²) in [5.41, 5.74) is 0. The first kappa shape index (κ1) is 12.4. The van der Waals surface area contributed by atoms with E-state index in [0.717, 1.165) is 18.0 Å². The SMILES string of the molecule is CCC(NC1CC(OC)C1)C1CCCCC1. The zero-order valence-electron chi connectivity index (χ0n) is 10.9. The van der Waals surface area contributed by atoms with Crippen LogP contribution < -0.4 is 5.32 Å². The van der Waals surface area contributed by atoms with E-state index in [1.165, 1.54) is 51.4 Å². The minimum absolute atomic E-state index is 0.529. The maximum atomic E-state index is 5.34. The molecule has 2 rings (SSSR count). The largest absolute Gasteiger partial charge is 0.381 e. The van der Waals surface area contributed by atoms with Crippen molar-refractivity contribution in [2.24, 2.45) is 5.92 Å². The van der Waals surface area contributed by atoms with Crippen molar-refractivity contribution < 1.29 is 4.74 Å². The van der Waals surface area contributed by atoms with E-state index in [9.17, 15) is 0 Å². The number of ether oxygens (including phenoxy) is 1. The first-order valence-electron chi connectivity index (χ1n) is 7.12. The van der Waals surface area contributed by atoms with E-state index in [1.54, 1.807) is 0 Å². The zero-order valence-corrected chi connectivity index (χ0v) is 10.9. The average molecular weight is 225 g/mol. The molecule has 0 heterocycles. The normalized spacial score (nSPS) is 33.4. The number of nitrogens with one attached hydrogen (secondary N) is 1. The summed E-state index contributed by atoms with van der Waals surface area (Å²) >= 11 is 0. The van der Waals surface area contributed by atoms with Gasteiger partial charge in [-0.15, -0.1) is 0 Å². The third-order valence-electron chi connectivity index (χ3n) is 4.54. The molecule has 2 nitrogen and oxygen atoms in total. The summed E-state index contributed by atoms with van der Waals surface area (Å²) < 4.78 is 5.34. The summed E-state index contributed by atoms with van der Waals surface area (Å²) in [5, 5.41) is 3.86. The Morgan fingerprint density at radius 3 is 2.44 bits per heavy atom. The molecular weight excluding hydrogens is 198 g/mol. The molecule has 0 aromatic rings. The fourth-order valence-electron chi connectivity index (χ4n) is 3.32. The van der Waals surface area contributed by atoms with Gasteiger partial charge in [-0.25, -0.2) is 0 Å². The van der Waals surface area contributed by atoms with Crippen LogP contribution in [-0.2, 0) is 4.74 Å². The van der Waals surface area contributed by atoms with Gasteiger partial charge >= 0.3 is 0 Å². The van der Waals surface area contributed by atoms with Crippen LogP contribution in [0.2, 0.25) is 0 Å². The molecule has 0 spiro atoms. The Morgan fingerprint density at radius 2 is 1.88 bits per heavy atom. The van der Waals surface area contributed by atoms with E-state index in [2.05, 4.69) is 12.2 Å². The molecular formula is C14H27NO. The van der Waals surface area contributed by atoms with Gasteiger partial charge in [-0.2, -0.15) is 0 Å². The Balaban J connectivity index is 1.72. The van der Waals surface area contributed by atoms with Crippen LogP contribution in [-0.4, -0.2) is 25.3 Å². The third-order valence-corrected chi connectivity index (χ3v) is 4.54. The standard InChI is InChI=1S/C14H27NO/c1-3-14(11-7-5-4-6-8-11)15-12-9-13(10-12)16-2/h11-15H,3-10H2,1-2H3. The number of methoxy groups -OCH3 is 1. The van der Waals surface area contributed by atoms with Crippen molar-refractivity contribution in [1.29, 1.82) is 0 Å². The van der Waals surface area contributed by atoms with Crippen molar-refractivity contribution >= 4 is 0 Å². The summed E-state index contributed by atoms with van der Waals surface area (Å²) in [4.78, 5) is 0. The molecule has 0 radical (unpaired) electrons. The van der Waals surface area contributed by atoms with Gasteiger partial charge in [0.2, 0.25) is 0 Å². The molecule has 2 heteroatoms. The number of hydrogen-bond acceptors (Lipinski definition) is 2. The average Bonchev–Trinajstić information content (AvgIpc) is 2.29. The van der Waals surface area contributed by atoms with Crippen LogP contribution in [0.15, 0.2) is 0 Å². The van der Waals surface area contributed by atoms with Crippen LogP contribution in [0.5, 0.6) is 0 Å². The van der Waals surface area contributed by atoms with Crippen molar-refractivity contribution in [2.75, 3.05) is 7.11 Å². The van der Waals surface area contributed by atoms with Crippen molar-refractivity contribution in [1.82, 2.24) is 5.32 Å². The highest BCUT2D eigenvalue weighted by Gasteiger charge is 2.32. The van der Waals surface area contributed by atoms with Crippen LogP contribution in [0.4, 0.5) is 0 Å².